The van der Waals surface area contributed by atoms with E-state index >= 15 is 0 Å². The average molecular weight is 324 g/mol. The van der Waals surface area contributed by atoms with Crippen LogP contribution >= 0.6 is 12.4 Å². The lowest BCUT2D eigenvalue weighted by atomic mass is 10.1. The lowest BCUT2D eigenvalue weighted by Gasteiger charge is -2.27. The summed E-state index contributed by atoms with van der Waals surface area (Å²) in [6.45, 7) is 4.06. The molecule has 1 aliphatic rings. The summed E-state index contributed by atoms with van der Waals surface area (Å²) in [5, 5.41) is 0. The molecule has 1 aliphatic heterocycles. The zero-order chi connectivity index (χ0) is 15.1. The lowest BCUT2D eigenvalue weighted by molar-refractivity contribution is 0.339. The number of nitrogens with two attached hydrogens (primary N) is 2. The Morgan fingerprint density at radius 3 is 2.50 bits per heavy atom. The van der Waals surface area contributed by atoms with Gasteiger partial charge in [-0.3, -0.25) is 0 Å². The van der Waals surface area contributed by atoms with Crippen molar-refractivity contribution in [3.05, 3.63) is 29.8 Å². The molecule has 0 saturated carbocycles. The van der Waals surface area contributed by atoms with Gasteiger partial charge in [-0.25, -0.2) is 4.99 Å². The van der Waals surface area contributed by atoms with Crippen molar-refractivity contribution in [1.82, 2.24) is 4.90 Å². The molecule has 1 aromatic rings. The number of nitrogens with zero attached hydrogens (tertiary/aromatic N) is 3. The van der Waals surface area contributed by atoms with Gasteiger partial charge in [0.25, 0.3) is 0 Å². The van der Waals surface area contributed by atoms with Gasteiger partial charge in [0.05, 0.1) is 5.69 Å². The SMILES string of the molecule is CCCc1ccccc1N=C(N)N=C(N)N1CCCCC1.Cl. The van der Waals surface area contributed by atoms with E-state index in [0.29, 0.717) is 5.96 Å². The second-order valence-electron chi connectivity index (χ2n) is 5.37. The summed E-state index contributed by atoms with van der Waals surface area (Å²) in [6, 6.07) is 8.02. The van der Waals surface area contributed by atoms with Gasteiger partial charge < -0.3 is 16.4 Å². The molecule has 2 rings (SSSR count). The van der Waals surface area contributed by atoms with E-state index in [9.17, 15) is 0 Å². The summed E-state index contributed by atoms with van der Waals surface area (Å²) in [6.07, 6.45) is 5.64. The van der Waals surface area contributed by atoms with Gasteiger partial charge in [0.15, 0.2) is 5.96 Å². The van der Waals surface area contributed by atoms with Crippen LogP contribution in [0.15, 0.2) is 34.3 Å². The molecule has 0 atom stereocenters. The lowest BCUT2D eigenvalue weighted by Crippen LogP contribution is -2.41. The van der Waals surface area contributed by atoms with Crippen LogP contribution in [0.25, 0.3) is 0 Å². The number of aliphatic imine (C=N–C) groups is 2. The maximum absolute atomic E-state index is 6.01. The van der Waals surface area contributed by atoms with E-state index in [0.717, 1.165) is 44.5 Å². The molecule has 0 aromatic heterocycles. The minimum atomic E-state index is 0. The molecule has 4 N–H and O–H groups in total. The molecule has 1 heterocycles. The van der Waals surface area contributed by atoms with E-state index in [4.69, 9.17) is 11.5 Å². The van der Waals surface area contributed by atoms with E-state index in [1.165, 1.54) is 12.0 Å². The number of likely N-dealkylation sites (tertiary alicyclic amines) is 1. The molecule has 0 amide bonds. The van der Waals surface area contributed by atoms with Crippen LogP contribution in [0.5, 0.6) is 0 Å². The molecule has 0 radical (unpaired) electrons. The zero-order valence-electron chi connectivity index (χ0n) is 13.2. The van der Waals surface area contributed by atoms with Gasteiger partial charge in [0, 0.05) is 13.1 Å². The van der Waals surface area contributed by atoms with Crippen molar-refractivity contribution in [3.8, 4) is 0 Å². The number of piperidine rings is 1. The first-order valence-electron chi connectivity index (χ1n) is 7.72. The fraction of sp³-hybridized carbons (Fsp3) is 0.500. The minimum absolute atomic E-state index is 0. The van der Waals surface area contributed by atoms with Crippen molar-refractivity contribution in [2.24, 2.45) is 21.5 Å². The van der Waals surface area contributed by atoms with Crippen LogP contribution < -0.4 is 11.5 Å². The molecule has 0 unspecified atom stereocenters. The highest BCUT2D eigenvalue weighted by molar-refractivity contribution is 5.94. The highest BCUT2D eigenvalue weighted by Gasteiger charge is 2.12. The quantitative estimate of drug-likeness (QED) is 0.663. The molecule has 1 aromatic carbocycles. The number of hydrogen-bond acceptors (Lipinski definition) is 1. The number of para-hydroxylation sites is 1. The summed E-state index contributed by atoms with van der Waals surface area (Å²) >= 11 is 0. The predicted octanol–water partition coefficient (Wildman–Crippen LogP) is 2.81. The number of rotatable bonds is 3. The monoisotopic (exact) mass is 323 g/mol. The van der Waals surface area contributed by atoms with E-state index < -0.39 is 0 Å². The second-order valence-corrected chi connectivity index (χ2v) is 5.37. The molecule has 0 aliphatic carbocycles. The molecule has 0 spiro atoms. The van der Waals surface area contributed by atoms with Crippen molar-refractivity contribution in [1.29, 1.82) is 0 Å². The summed E-state index contributed by atoms with van der Waals surface area (Å²) in [5.74, 6) is 0.700. The van der Waals surface area contributed by atoms with Crippen molar-refractivity contribution in [2.45, 2.75) is 39.0 Å². The third kappa shape index (κ3) is 5.22. The van der Waals surface area contributed by atoms with Crippen molar-refractivity contribution < 1.29 is 0 Å². The second kappa shape index (κ2) is 9.30. The Bertz CT molecular complexity index is 521. The first-order valence-corrected chi connectivity index (χ1v) is 7.72. The molecular formula is C16H26ClN5. The third-order valence-electron chi connectivity index (χ3n) is 3.66. The van der Waals surface area contributed by atoms with E-state index in [1.54, 1.807) is 0 Å². The summed E-state index contributed by atoms with van der Waals surface area (Å²) in [5.41, 5.74) is 14.0. The number of aryl methyl sites for hydroxylation is 1. The van der Waals surface area contributed by atoms with Crippen molar-refractivity contribution in [3.63, 3.8) is 0 Å². The van der Waals surface area contributed by atoms with E-state index in [-0.39, 0.29) is 18.4 Å². The largest absolute Gasteiger partial charge is 0.369 e. The summed E-state index contributed by atoms with van der Waals surface area (Å²) < 4.78 is 0. The fourth-order valence-corrected chi connectivity index (χ4v) is 2.56. The molecule has 6 heteroatoms. The predicted molar refractivity (Wildman–Crippen MR) is 96.0 cm³/mol. The Labute approximate surface area is 138 Å². The summed E-state index contributed by atoms with van der Waals surface area (Å²) in [4.78, 5) is 10.7. The fourth-order valence-electron chi connectivity index (χ4n) is 2.56. The van der Waals surface area contributed by atoms with Gasteiger partial charge in [-0.15, -0.1) is 12.4 Å². The first kappa shape index (κ1) is 18.3. The Hall–Kier alpha value is -1.75. The molecule has 1 saturated heterocycles. The van der Waals surface area contributed by atoms with Crippen LogP contribution in [0, 0.1) is 0 Å². The Morgan fingerprint density at radius 1 is 1.14 bits per heavy atom. The van der Waals surface area contributed by atoms with Crippen LogP contribution in [-0.2, 0) is 6.42 Å². The van der Waals surface area contributed by atoms with Crippen LogP contribution in [0.2, 0.25) is 0 Å². The highest BCUT2D eigenvalue weighted by atomic mass is 35.5. The molecule has 22 heavy (non-hydrogen) atoms. The van der Waals surface area contributed by atoms with Gasteiger partial charge in [-0.2, -0.15) is 4.99 Å². The average Bonchev–Trinajstić information content (AvgIpc) is 2.50. The zero-order valence-corrected chi connectivity index (χ0v) is 14.0. The Balaban J connectivity index is 0.00000242. The van der Waals surface area contributed by atoms with Gasteiger partial charge in [0.2, 0.25) is 5.96 Å². The van der Waals surface area contributed by atoms with Crippen LogP contribution in [0.4, 0.5) is 5.69 Å². The van der Waals surface area contributed by atoms with E-state index in [1.807, 2.05) is 18.2 Å². The highest BCUT2D eigenvalue weighted by Crippen LogP contribution is 2.20. The normalized spacial score (nSPS) is 16.3. The van der Waals surface area contributed by atoms with Crippen molar-refractivity contribution in [2.75, 3.05) is 13.1 Å². The maximum atomic E-state index is 6.01. The standard InChI is InChI=1S/C16H25N5.ClH/c1-2-8-13-9-4-5-10-14(13)19-15(17)20-16(18)21-11-6-3-7-12-21;/h4-5,9-10H,2-3,6-8,11-12H2,1H3,(H4,17,18,19,20);1H. The van der Waals surface area contributed by atoms with Gasteiger partial charge >= 0.3 is 0 Å². The number of guanidine groups is 2. The van der Waals surface area contributed by atoms with Crippen LogP contribution in [0.1, 0.15) is 38.2 Å². The Kier molecular flexibility index (Phi) is 7.74. The van der Waals surface area contributed by atoms with E-state index in [2.05, 4.69) is 27.9 Å². The molecule has 1 fully saturated rings. The maximum Gasteiger partial charge on any atom is 0.223 e. The minimum Gasteiger partial charge on any atom is -0.369 e. The first-order chi connectivity index (χ1) is 10.2. The third-order valence-corrected chi connectivity index (χ3v) is 3.66. The van der Waals surface area contributed by atoms with Gasteiger partial charge in [0.1, 0.15) is 0 Å². The van der Waals surface area contributed by atoms with Gasteiger partial charge in [-0.1, -0.05) is 31.5 Å². The number of hydrogen-bond donors (Lipinski definition) is 2. The topological polar surface area (TPSA) is 80.0 Å². The molecule has 122 valence electrons. The number of halogens is 1. The van der Waals surface area contributed by atoms with Crippen molar-refractivity contribution >= 4 is 30.0 Å². The van der Waals surface area contributed by atoms with Gasteiger partial charge in [-0.05, 0) is 37.3 Å². The Morgan fingerprint density at radius 2 is 1.82 bits per heavy atom. The number of benzene rings is 1. The summed E-state index contributed by atoms with van der Waals surface area (Å²) in [7, 11) is 0. The molecule has 5 nitrogen and oxygen atoms in total. The van der Waals surface area contributed by atoms with Crippen LogP contribution in [-0.4, -0.2) is 29.9 Å². The molecular weight excluding hydrogens is 298 g/mol. The smallest absolute Gasteiger partial charge is 0.223 e. The van der Waals surface area contributed by atoms with Crippen LogP contribution in [0.3, 0.4) is 0 Å². The molecule has 0 bridgehead atoms.